The highest BCUT2D eigenvalue weighted by Crippen LogP contribution is 2.25. The molecule has 25 heavy (non-hydrogen) atoms. The van der Waals surface area contributed by atoms with Crippen LogP contribution in [-0.4, -0.2) is 71.0 Å². The molecule has 7 heteroatoms. The van der Waals surface area contributed by atoms with Crippen molar-refractivity contribution in [3.8, 4) is 5.75 Å². The molecule has 2 saturated heterocycles. The summed E-state index contributed by atoms with van der Waals surface area (Å²) in [4.78, 5) is 9.18. The molecule has 2 aliphatic rings. The smallest absolute Gasteiger partial charge is 0.193 e. The molecule has 0 amide bonds. The van der Waals surface area contributed by atoms with E-state index >= 15 is 0 Å². The van der Waals surface area contributed by atoms with Crippen molar-refractivity contribution in [1.29, 1.82) is 0 Å². The van der Waals surface area contributed by atoms with Gasteiger partial charge < -0.3 is 24.6 Å². The molecule has 0 aromatic heterocycles. The first-order chi connectivity index (χ1) is 11.6. The molecule has 1 aromatic carbocycles. The Balaban J connectivity index is 0.00000225. The zero-order chi connectivity index (χ0) is 17.0. The first kappa shape index (κ1) is 20.1. The van der Waals surface area contributed by atoms with Gasteiger partial charge in [-0.15, -0.1) is 24.0 Å². The van der Waals surface area contributed by atoms with Gasteiger partial charge in [-0.2, -0.15) is 0 Å². The van der Waals surface area contributed by atoms with Crippen LogP contribution in [0.1, 0.15) is 6.92 Å². The first-order valence-electron chi connectivity index (χ1n) is 8.56. The van der Waals surface area contributed by atoms with E-state index in [9.17, 15) is 0 Å². The number of aliphatic imine (C=N–C) groups is 1. The van der Waals surface area contributed by atoms with Crippen molar-refractivity contribution in [2.24, 2.45) is 10.4 Å². The molecule has 0 atom stereocenters. The number of anilines is 1. The molecule has 6 nitrogen and oxygen atoms in total. The number of halogens is 1. The van der Waals surface area contributed by atoms with Crippen molar-refractivity contribution < 1.29 is 9.47 Å². The van der Waals surface area contributed by atoms with Crippen LogP contribution in [-0.2, 0) is 4.74 Å². The quantitative estimate of drug-likeness (QED) is 0.424. The van der Waals surface area contributed by atoms with Crippen LogP contribution in [0, 0.1) is 5.41 Å². The topological polar surface area (TPSA) is 49.3 Å². The lowest BCUT2D eigenvalue weighted by atomic mass is 9.89. The molecule has 0 radical (unpaired) electrons. The van der Waals surface area contributed by atoms with Crippen molar-refractivity contribution in [3.05, 3.63) is 24.3 Å². The molecule has 2 fully saturated rings. The molecule has 3 rings (SSSR count). The van der Waals surface area contributed by atoms with Crippen molar-refractivity contribution in [3.63, 3.8) is 0 Å². The molecule has 0 bridgehead atoms. The van der Waals surface area contributed by atoms with Gasteiger partial charge >= 0.3 is 0 Å². The monoisotopic (exact) mass is 460 g/mol. The summed E-state index contributed by atoms with van der Waals surface area (Å²) in [6, 6.07) is 8.27. The van der Waals surface area contributed by atoms with Gasteiger partial charge in [-0.25, -0.2) is 0 Å². The Hall–Kier alpha value is -1.22. The fourth-order valence-electron chi connectivity index (χ4n) is 3.16. The van der Waals surface area contributed by atoms with Crippen LogP contribution in [0.25, 0.3) is 0 Å². The van der Waals surface area contributed by atoms with Crippen LogP contribution < -0.4 is 15.0 Å². The number of hydrogen-bond acceptors (Lipinski definition) is 4. The molecule has 2 heterocycles. The van der Waals surface area contributed by atoms with Crippen LogP contribution in [0.15, 0.2) is 29.3 Å². The number of guanidine groups is 1. The number of nitrogens with one attached hydrogen (secondary N) is 1. The van der Waals surface area contributed by atoms with Crippen molar-refractivity contribution >= 4 is 35.6 Å². The van der Waals surface area contributed by atoms with Gasteiger partial charge in [0, 0.05) is 56.9 Å². The molecule has 2 aliphatic heterocycles. The third kappa shape index (κ3) is 4.91. The summed E-state index contributed by atoms with van der Waals surface area (Å²) in [5.74, 6) is 1.90. The third-order valence-corrected chi connectivity index (χ3v) is 4.78. The second-order valence-electron chi connectivity index (χ2n) is 6.88. The second kappa shape index (κ2) is 8.93. The Bertz CT molecular complexity index is 584. The average Bonchev–Trinajstić information content (AvgIpc) is 2.61. The molecule has 0 saturated carbocycles. The average molecular weight is 460 g/mol. The molecule has 140 valence electrons. The zero-order valence-corrected chi connectivity index (χ0v) is 17.7. The zero-order valence-electron chi connectivity index (χ0n) is 15.3. The normalized spacial score (nSPS) is 19.7. The minimum Gasteiger partial charge on any atom is -0.497 e. The van der Waals surface area contributed by atoms with E-state index in [4.69, 9.17) is 9.47 Å². The maximum Gasteiger partial charge on any atom is 0.193 e. The van der Waals surface area contributed by atoms with Gasteiger partial charge in [0.2, 0.25) is 0 Å². The SMILES string of the molecule is CN=C(NCC1(C)COC1)N1CCN(c2cccc(OC)c2)CC1.I. The summed E-state index contributed by atoms with van der Waals surface area (Å²) in [5, 5.41) is 3.51. The summed E-state index contributed by atoms with van der Waals surface area (Å²) in [7, 11) is 3.57. The largest absolute Gasteiger partial charge is 0.497 e. The molecular weight excluding hydrogens is 431 g/mol. The molecule has 0 unspecified atom stereocenters. The molecule has 0 aliphatic carbocycles. The number of methoxy groups -OCH3 is 1. The Kier molecular flexibility index (Phi) is 7.18. The number of ether oxygens (including phenoxy) is 2. The lowest BCUT2D eigenvalue weighted by Crippen LogP contribution is -2.56. The predicted molar refractivity (Wildman–Crippen MR) is 112 cm³/mol. The van der Waals surface area contributed by atoms with Gasteiger partial charge in [0.15, 0.2) is 5.96 Å². The lowest BCUT2D eigenvalue weighted by molar-refractivity contribution is -0.0972. The Morgan fingerprint density at radius 1 is 1.28 bits per heavy atom. The van der Waals surface area contributed by atoms with E-state index in [-0.39, 0.29) is 29.4 Å². The summed E-state index contributed by atoms with van der Waals surface area (Å²) in [6.45, 7) is 8.71. The van der Waals surface area contributed by atoms with Crippen LogP contribution in [0.5, 0.6) is 5.75 Å². The number of hydrogen-bond donors (Lipinski definition) is 1. The van der Waals surface area contributed by atoms with Gasteiger partial charge in [-0.3, -0.25) is 4.99 Å². The van der Waals surface area contributed by atoms with E-state index < -0.39 is 0 Å². The highest BCUT2D eigenvalue weighted by atomic mass is 127. The lowest BCUT2D eigenvalue weighted by Gasteiger charge is -2.41. The van der Waals surface area contributed by atoms with Crippen molar-refractivity contribution in [2.75, 3.05) is 65.0 Å². The standard InChI is InChI=1S/C18H28N4O2.HI/c1-18(13-24-14-18)12-20-17(19-2)22-9-7-21(8-10-22)15-5-4-6-16(11-15)23-3;/h4-6,11H,7-10,12-14H2,1-3H3,(H,19,20);1H. The Morgan fingerprint density at radius 3 is 2.56 bits per heavy atom. The Labute approximate surface area is 167 Å². The van der Waals surface area contributed by atoms with Gasteiger partial charge in [0.05, 0.1) is 20.3 Å². The van der Waals surface area contributed by atoms with Crippen molar-refractivity contribution in [2.45, 2.75) is 6.92 Å². The minimum absolute atomic E-state index is 0. The molecule has 1 N–H and O–H groups in total. The molecular formula is C18H29IN4O2. The Morgan fingerprint density at radius 2 is 2.00 bits per heavy atom. The predicted octanol–water partition coefficient (Wildman–Crippen LogP) is 2.05. The summed E-state index contributed by atoms with van der Waals surface area (Å²) < 4.78 is 10.6. The van der Waals surface area contributed by atoms with Crippen LogP contribution in [0.3, 0.4) is 0 Å². The van der Waals surface area contributed by atoms with Crippen LogP contribution in [0.4, 0.5) is 5.69 Å². The molecule has 1 aromatic rings. The number of piperazine rings is 1. The van der Waals surface area contributed by atoms with Gasteiger partial charge in [0.25, 0.3) is 0 Å². The van der Waals surface area contributed by atoms with E-state index in [1.807, 2.05) is 19.2 Å². The van der Waals surface area contributed by atoms with E-state index in [1.54, 1.807) is 7.11 Å². The highest BCUT2D eigenvalue weighted by molar-refractivity contribution is 14.0. The van der Waals surface area contributed by atoms with E-state index in [1.165, 1.54) is 5.69 Å². The third-order valence-electron chi connectivity index (χ3n) is 4.78. The first-order valence-corrected chi connectivity index (χ1v) is 8.56. The maximum absolute atomic E-state index is 5.33. The number of benzene rings is 1. The summed E-state index contributed by atoms with van der Waals surface area (Å²) in [6.07, 6.45) is 0. The van der Waals surface area contributed by atoms with Gasteiger partial charge in [0.1, 0.15) is 5.75 Å². The van der Waals surface area contributed by atoms with E-state index in [0.717, 1.165) is 57.6 Å². The summed E-state index contributed by atoms with van der Waals surface area (Å²) in [5.41, 5.74) is 1.47. The van der Waals surface area contributed by atoms with E-state index in [2.05, 4.69) is 39.2 Å². The van der Waals surface area contributed by atoms with Crippen LogP contribution >= 0.6 is 24.0 Å². The highest BCUT2D eigenvalue weighted by Gasteiger charge is 2.33. The fourth-order valence-corrected chi connectivity index (χ4v) is 3.16. The van der Waals surface area contributed by atoms with Gasteiger partial charge in [-0.05, 0) is 12.1 Å². The fraction of sp³-hybridized carbons (Fsp3) is 0.611. The summed E-state index contributed by atoms with van der Waals surface area (Å²) >= 11 is 0. The van der Waals surface area contributed by atoms with Gasteiger partial charge in [-0.1, -0.05) is 13.0 Å². The maximum atomic E-state index is 5.33. The van der Waals surface area contributed by atoms with E-state index in [0.29, 0.717) is 0 Å². The number of rotatable bonds is 4. The second-order valence-corrected chi connectivity index (χ2v) is 6.88. The van der Waals surface area contributed by atoms with Crippen molar-refractivity contribution in [1.82, 2.24) is 10.2 Å². The number of nitrogens with zero attached hydrogens (tertiary/aromatic N) is 3. The minimum atomic E-state index is 0. The molecule has 0 spiro atoms. The van der Waals surface area contributed by atoms with Crippen LogP contribution in [0.2, 0.25) is 0 Å².